The van der Waals surface area contributed by atoms with Gasteiger partial charge in [0.2, 0.25) is 0 Å². The molecule has 0 spiro atoms. The number of alkyl halides is 3. The molecular weight excluding hydrogens is 522 g/mol. The summed E-state index contributed by atoms with van der Waals surface area (Å²) >= 11 is 0. The van der Waals surface area contributed by atoms with Gasteiger partial charge in [-0.1, -0.05) is 18.6 Å². The normalized spacial score (nSPS) is 16.5. The topological polar surface area (TPSA) is 52.1 Å². The Bertz CT molecular complexity index is 651. The van der Waals surface area contributed by atoms with E-state index < -0.39 is 12.7 Å². The van der Waals surface area contributed by atoms with E-state index >= 15 is 0 Å². The number of likely N-dealkylation sites (tertiary alicyclic amines) is 1. The molecule has 2 N–H and O–H groups in total. The van der Waals surface area contributed by atoms with E-state index in [9.17, 15) is 13.2 Å². The van der Waals surface area contributed by atoms with Gasteiger partial charge in [0.15, 0.2) is 5.96 Å². The summed E-state index contributed by atoms with van der Waals surface area (Å²) in [7, 11) is 4.78. The maximum atomic E-state index is 12.4. The fourth-order valence-corrected chi connectivity index (χ4v) is 3.68. The summed E-state index contributed by atoms with van der Waals surface area (Å²) in [5, 5.41) is 6.45. The van der Waals surface area contributed by atoms with Crippen molar-refractivity contribution in [3.05, 3.63) is 29.8 Å². The van der Waals surface area contributed by atoms with Crippen LogP contribution in [0.4, 0.5) is 13.2 Å². The van der Waals surface area contributed by atoms with Crippen LogP contribution in [0.1, 0.15) is 30.9 Å². The van der Waals surface area contributed by atoms with Gasteiger partial charge in [-0.25, -0.2) is 0 Å². The third-order valence-electron chi connectivity index (χ3n) is 5.25. The zero-order valence-electron chi connectivity index (χ0n) is 18.5. The molecule has 1 unspecified atom stereocenters. The van der Waals surface area contributed by atoms with E-state index in [-0.39, 0.29) is 36.6 Å². The minimum Gasteiger partial charge on any atom is -0.497 e. The summed E-state index contributed by atoms with van der Waals surface area (Å²) in [6, 6.07) is 8.29. The molecule has 1 aliphatic rings. The first-order valence-corrected chi connectivity index (χ1v) is 10.4. The van der Waals surface area contributed by atoms with Gasteiger partial charge in [-0.05, 0) is 50.7 Å². The van der Waals surface area contributed by atoms with Crippen molar-refractivity contribution in [3.8, 4) is 5.75 Å². The Hall–Kier alpha value is -1.27. The fourth-order valence-electron chi connectivity index (χ4n) is 3.68. The van der Waals surface area contributed by atoms with E-state index in [1.807, 2.05) is 12.1 Å². The molecule has 0 bridgehead atoms. The Morgan fingerprint density at radius 3 is 2.35 bits per heavy atom. The van der Waals surface area contributed by atoms with Crippen LogP contribution in [0.15, 0.2) is 29.3 Å². The lowest BCUT2D eigenvalue weighted by Gasteiger charge is -2.35. The Balaban J connectivity index is 0.00000480. The first kappa shape index (κ1) is 27.8. The number of hydrogen-bond acceptors (Lipinski definition) is 4. The predicted molar refractivity (Wildman–Crippen MR) is 129 cm³/mol. The summed E-state index contributed by atoms with van der Waals surface area (Å²) in [5.74, 6) is 1.41. The van der Waals surface area contributed by atoms with Crippen molar-refractivity contribution in [1.82, 2.24) is 20.4 Å². The summed E-state index contributed by atoms with van der Waals surface area (Å²) in [6.45, 7) is 2.48. The fraction of sp³-hybridized carbons (Fsp3) is 0.667. The molecule has 1 aliphatic heterocycles. The van der Waals surface area contributed by atoms with Crippen molar-refractivity contribution in [2.45, 2.75) is 31.5 Å². The number of nitrogens with zero attached hydrogens (tertiary/aromatic N) is 3. The molecule has 0 saturated carbocycles. The van der Waals surface area contributed by atoms with Crippen LogP contribution in [0.5, 0.6) is 5.75 Å². The molecule has 10 heteroatoms. The van der Waals surface area contributed by atoms with Crippen molar-refractivity contribution in [3.63, 3.8) is 0 Å². The standard InChI is InChI=1S/C21H34F3N5O.HI/c1-25-20(26-11-14-28(2)16-21(22,23)24)27-15-19(29-12-5-4-6-13-29)17-7-9-18(30-3)10-8-17;/h7-10,19H,4-6,11-16H2,1-3H3,(H2,25,26,27);1H. The highest BCUT2D eigenvalue weighted by Crippen LogP contribution is 2.25. The molecule has 0 radical (unpaired) electrons. The van der Waals surface area contributed by atoms with Gasteiger partial charge in [0.1, 0.15) is 5.75 Å². The highest BCUT2D eigenvalue weighted by Gasteiger charge is 2.29. The quantitative estimate of drug-likeness (QED) is 0.277. The van der Waals surface area contributed by atoms with Crippen LogP contribution < -0.4 is 15.4 Å². The molecule has 2 rings (SSSR count). The van der Waals surface area contributed by atoms with Gasteiger partial charge in [-0.15, -0.1) is 24.0 Å². The molecule has 6 nitrogen and oxygen atoms in total. The van der Waals surface area contributed by atoms with E-state index in [1.165, 1.54) is 36.8 Å². The van der Waals surface area contributed by atoms with Gasteiger partial charge in [0.05, 0.1) is 19.7 Å². The smallest absolute Gasteiger partial charge is 0.401 e. The van der Waals surface area contributed by atoms with Crippen molar-refractivity contribution in [2.24, 2.45) is 4.99 Å². The number of likely N-dealkylation sites (N-methyl/N-ethyl adjacent to an activating group) is 1. The summed E-state index contributed by atoms with van der Waals surface area (Å²) in [4.78, 5) is 7.93. The van der Waals surface area contributed by atoms with Crippen LogP contribution in [0, 0.1) is 0 Å². The zero-order valence-corrected chi connectivity index (χ0v) is 20.9. The molecule has 1 atom stereocenters. The van der Waals surface area contributed by atoms with Crippen LogP contribution in [-0.4, -0.2) is 82.4 Å². The van der Waals surface area contributed by atoms with E-state index in [2.05, 4.69) is 32.7 Å². The SMILES string of the molecule is CN=C(NCCN(C)CC(F)(F)F)NCC(c1ccc(OC)cc1)N1CCCCC1.I. The number of guanidine groups is 1. The lowest BCUT2D eigenvalue weighted by atomic mass is 10.0. The number of benzene rings is 1. The molecule has 0 aromatic heterocycles. The Kier molecular flexibility index (Phi) is 12.5. The van der Waals surface area contributed by atoms with E-state index in [0.29, 0.717) is 19.0 Å². The number of piperidine rings is 1. The molecule has 1 saturated heterocycles. The van der Waals surface area contributed by atoms with Gasteiger partial charge >= 0.3 is 6.18 Å². The van der Waals surface area contributed by atoms with Crippen LogP contribution in [0.25, 0.3) is 0 Å². The monoisotopic (exact) mass is 557 g/mol. The molecule has 1 aromatic carbocycles. The Morgan fingerprint density at radius 1 is 1.16 bits per heavy atom. The van der Waals surface area contributed by atoms with E-state index in [1.54, 1.807) is 14.2 Å². The van der Waals surface area contributed by atoms with Gasteiger partial charge in [-0.2, -0.15) is 13.2 Å². The molecule has 0 amide bonds. The summed E-state index contributed by atoms with van der Waals surface area (Å²) < 4.78 is 42.6. The average Bonchev–Trinajstić information content (AvgIpc) is 2.72. The van der Waals surface area contributed by atoms with Gasteiger partial charge in [0.25, 0.3) is 0 Å². The van der Waals surface area contributed by atoms with Gasteiger partial charge in [0, 0.05) is 26.7 Å². The number of ether oxygens (including phenoxy) is 1. The third kappa shape index (κ3) is 10.3. The Labute approximate surface area is 200 Å². The van der Waals surface area contributed by atoms with E-state index in [4.69, 9.17) is 4.74 Å². The number of nitrogens with one attached hydrogen (secondary N) is 2. The van der Waals surface area contributed by atoms with Crippen molar-refractivity contribution < 1.29 is 17.9 Å². The number of methoxy groups -OCH3 is 1. The highest BCUT2D eigenvalue weighted by atomic mass is 127. The van der Waals surface area contributed by atoms with Gasteiger partial charge in [-0.3, -0.25) is 14.8 Å². The molecular formula is C21H35F3IN5O. The van der Waals surface area contributed by atoms with Crippen LogP contribution >= 0.6 is 24.0 Å². The maximum absolute atomic E-state index is 12.4. The third-order valence-corrected chi connectivity index (χ3v) is 5.25. The predicted octanol–water partition coefficient (Wildman–Crippen LogP) is 3.50. The molecule has 31 heavy (non-hydrogen) atoms. The lowest BCUT2D eigenvalue weighted by molar-refractivity contribution is -0.142. The molecule has 178 valence electrons. The van der Waals surface area contributed by atoms with Crippen molar-refractivity contribution in [2.75, 3.05) is 60.5 Å². The maximum Gasteiger partial charge on any atom is 0.401 e. The molecule has 1 heterocycles. The van der Waals surface area contributed by atoms with E-state index in [0.717, 1.165) is 18.8 Å². The number of hydrogen-bond donors (Lipinski definition) is 2. The second kappa shape index (κ2) is 14.0. The molecule has 1 aromatic rings. The van der Waals surface area contributed by atoms with Gasteiger partial charge < -0.3 is 15.4 Å². The average molecular weight is 557 g/mol. The first-order valence-electron chi connectivity index (χ1n) is 10.4. The second-order valence-electron chi connectivity index (χ2n) is 7.62. The number of halogens is 4. The van der Waals surface area contributed by atoms with Crippen LogP contribution in [0.2, 0.25) is 0 Å². The highest BCUT2D eigenvalue weighted by molar-refractivity contribution is 14.0. The molecule has 1 fully saturated rings. The zero-order chi connectivity index (χ0) is 22.0. The summed E-state index contributed by atoms with van der Waals surface area (Å²) in [5.41, 5.74) is 1.20. The Morgan fingerprint density at radius 2 is 1.81 bits per heavy atom. The largest absolute Gasteiger partial charge is 0.497 e. The first-order chi connectivity index (χ1) is 14.3. The minimum absolute atomic E-state index is 0. The number of aliphatic imine (C=N–C) groups is 1. The van der Waals surface area contributed by atoms with Crippen LogP contribution in [-0.2, 0) is 0 Å². The minimum atomic E-state index is -4.19. The van der Waals surface area contributed by atoms with Crippen molar-refractivity contribution in [1.29, 1.82) is 0 Å². The number of rotatable bonds is 9. The molecule has 0 aliphatic carbocycles. The second-order valence-corrected chi connectivity index (χ2v) is 7.62. The summed E-state index contributed by atoms with van der Waals surface area (Å²) in [6.07, 6.45) is -0.557. The van der Waals surface area contributed by atoms with Crippen LogP contribution in [0.3, 0.4) is 0 Å². The lowest BCUT2D eigenvalue weighted by Crippen LogP contribution is -2.46. The van der Waals surface area contributed by atoms with Crippen molar-refractivity contribution >= 4 is 29.9 Å².